The topological polar surface area (TPSA) is 79.9 Å². The summed E-state index contributed by atoms with van der Waals surface area (Å²) in [5, 5.41) is 1.05. The first-order chi connectivity index (χ1) is 10.6. The number of rotatable bonds is 3. The van der Waals surface area contributed by atoms with Gasteiger partial charge in [-0.15, -0.1) is 0 Å². The van der Waals surface area contributed by atoms with Gasteiger partial charge in [0.1, 0.15) is 5.65 Å². The van der Waals surface area contributed by atoms with Gasteiger partial charge in [-0.3, -0.25) is 4.79 Å². The Morgan fingerprint density at radius 2 is 1.86 bits per heavy atom. The molecule has 1 aromatic carbocycles. The average molecular weight is 294 g/mol. The molecule has 110 valence electrons. The van der Waals surface area contributed by atoms with Crippen LogP contribution in [-0.4, -0.2) is 21.9 Å². The third-order valence-electron chi connectivity index (χ3n) is 3.12. The molecule has 0 aliphatic carbocycles. The minimum atomic E-state index is 0.119. The van der Waals surface area contributed by atoms with Crippen LogP contribution < -0.4 is 0 Å². The molecule has 5 nitrogen and oxygen atoms in total. The van der Waals surface area contributed by atoms with E-state index in [4.69, 9.17) is 9.59 Å². The van der Waals surface area contributed by atoms with E-state index >= 15 is 0 Å². The summed E-state index contributed by atoms with van der Waals surface area (Å²) >= 11 is 0. The molecule has 0 aliphatic rings. The summed E-state index contributed by atoms with van der Waals surface area (Å²) in [5.41, 5.74) is 3.63. The molecule has 0 spiro atoms. The third-order valence-corrected chi connectivity index (χ3v) is 3.12. The van der Waals surface area contributed by atoms with E-state index in [-0.39, 0.29) is 11.9 Å². The molecule has 2 heterocycles. The Hall–Kier alpha value is -3.04. The zero-order valence-electron chi connectivity index (χ0n) is 12.0. The largest absolute Gasteiger partial charge is 0.373 e. The van der Waals surface area contributed by atoms with Crippen LogP contribution in [0.2, 0.25) is 0 Å². The molecular weight excluding hydrogens is 280 g/mol. The standard InChI is InChI=1S/C16H14N2O.CO2/c1-11-7-14-8-12(10-17-16(14)18-11)9-15(19)13-5-3-2-4-6-13;2-1-3/h2-8,10H,9H2,1H3,(H,17,18);. The SMILES string of the molecule is Cc1cc2cc(CC(=O)c3ccccc3)cnc2[nH]1.O=C=O. The quantitative estimate of drug-likeness (QED) is 0.753. The predicted molar refractivity (Wildman–Crippen MR) is 80.3 cm³/mol. The van der Waals surface area contributed by atoms with Crippen molar-refractivity contribution in [3.05, 3.63) is 65.5 Å². The Morgan fingerprint density at radius 1 is 1.18 bits per heavy atom. The van der Waals surface area contributed by atoms with Gasteiger partial charge >= 0.3 is 6.15 Å². The van der Waals surface area contributed by atoms with Crippen molar-refractivity contribution in [1.82, 2.24) is 9.97 Å². The Bertz CT molecular complexity index is 816. The maximum Gasteiger partial charge on any atom is 0.373 e. The normalized spacial score (nSPS) is 9.68. The van der Waals surface area contributed by atoms with Crippen LogP contribution >= 0.6 is 0 Å². The number of benzene rings is 1. The number of H-pyrrole nitrogens is 1. The van der Waals surface area contributed by atoms with Crippen molar-refractivity contribution in [3.8, 4) is 0 Å². The molecule has 0 fully saturated rings. The lowest BCUT2D eigenvalue weighted by Crippen LogP contribution is -2.03. The highest BCUT2D eigenvalue weighted by Gasteiger charge is 2.08. The van der Waals surface area contributed by atoms with Gasteiger partial charge in [0.15, 0.2) is 5.78 Å². The molecule has 3 rings (SSSR count). The number of aromatic amines is 1. The second kappa shape index (κ2) is 7.11. The third kappa shape index (κ3) is 3.75. The van der Waals surface area contributed by atoms with Gasteiger partial charge in [-0.05, 0) is 24.6 Å². The van der Waals surface area contributed by atoms with Crippen LogP contribution in [-0.2, 0) is 16.0 Å². The first-order valence-electron chi connectivity index (χ1n) is 6.66. The number of pyridine rings is 1. The fourth-order valence-electron chi connectivity index (χ4n) is 2.21. The summed E-state index contributed by atoms with van der Waals surface area (Å²) in [5.74, 6) is 0.119. The van der Waals surface area contributed by atoms with Crippen molar-refractivity contribution in [2.24, 2.45) is 0 Å². The first kappa shape index (κ1) is 15.4. The van der Waals surface area contributed by atoms with E-state index in [2.05, 4.69) is 9.97 Å². The van der Waals surface area contributed by atoms with Gasteiger partial charge in [0.05, 0.1) is 0 Å². The van der Waals surface area contributed by atoms with Crippen LogP contribution in [0.3, 0.4) is 0 Å². The van der Waals surface area contributed by atoms with E-state index < -0.39 is 0 Å². The minimum Gasteiger partial charge on any atom is -0.344 e. The lowest BCUT2D eigenvalue weighted by Gasteiger charge is -2.01. The highest BCUT2D eigenvalue weighted by molar-refractivity contribution is 5.97. The van der Waals surface area contributed by atoms with Crippen molar-refractivity contribution in [2.45, 2.75) is 13.3 Å². The molecule has 2 aromatic heterocycles. The number of nitrogens with zero attached hydrogens (tertiary/aromatic N) is 1. The molecule has 3 aromatic rings. The van der Waals surface area contributed by atoms with Gasteiger partial charge in [0, 0.05) is 29.3 Å². The van der Waals surface area contributed by atoms with Gasteiger partial charge in [-0.25, -0.2) is 4.98 Å². The van der Waals surface area contributed by atoms with Crippen LogP contribution in [0, 0.1) is 6.92 Å². The molecule has 5 heteroatoms. The number of aryl methyl sites for hydroxylation is 1. The van der Waals surface area contributed by atoms with Gasteiger partial charge in [0.25, 0.3) is 0 Å². The fraction of sp³-hybridized carbons (Fsp3) is 0.118. The molecule has 0 aliphatic heterocycles. The van der Waals surface area contributed by atoms with E-state index in [1.165, 1.54) is 0 Å². The first-order valence-corrected chi connectivity index (χ1v) is 6.66. The number of hydrogen-bond acceptors (Lipinski definition) is 4. The zero-order chi connectivity index (χ0) is 15.9. The molecule has 0 radical (unpaired) electrons. The Kier molecular flexibility index (Phi) is 4.96. The molecule has 0 saturated heterocycles. The molecule has 0 bridgehead atoms. The Labute approximate surface area is 127 Å². The van der Waals surface area contributed by atoms with Crippen LogP contribution in [0.25, 0.3) is 11.0 Å². The zero-order valence-corrected chi connectivity index (χ0v) is 12.0. The van der Waals surface area contributed by atoms with E-state index in [9.17, 15) is 4.79 Å². The second-order valence-electron chi connectivity index (χ2n) is 4.78. The molecule has 22 heavy (non-hydrogen) atoms. The number of nitrogens with one attached hydrogen (secondary N) is 1. The Balaban J connectivity index is 0.000000545. The number of hydrogen-bond donors (Lipinski definition) is 1. The summed E-state index contributed by atoms with van der Waals surface area (Å²) in [6.45, 7) is 2.00. The predicted octanol–water partition coefficient (Wildman–Crippen LogP) is 2.71. The fourth-order valence-corrected chi connectivity index (χ4v) is 2.21. The molecule has 0 amide bonds. The molecule has 1 N–H and O–H groups in total. The van der Waals surface area contributed by atoms with Gasteiger partial charge in [-0.2, -0.15) is 9.59 Å². The summed E-state index contributed by atoms with van der Waals surface area (Å²) in [4.78, 5) is 35.9. The maximum absolute atomic E-state index is 12.1. The number of carbonyl (C=O) groups is 1. The number of carbonyl (C=O) groups excluding carboxylic acids is 3. The summed E-state index contributed by atoms with van der Waals surface area (Å²) < 4.78 is 0. The van der Waals surface area contributed by atoms with E-state index in [0.717, 1.165) is 27.9 Å². The highest BCUT2D eigenvalue weighted by Crippen LogP contribution is 2.15. The van der Waals surface area contributed by atoms with Gasteiger partial charge in [-0.1, -0.05) is 30.3 Å². The van der Waals surface area contributed by atoms with Crippen molar-refractivity contribution in [1.29, 1.82) is 0 Å². The number of aromatic nitrogens is 2. The van der Waals surface area contributed by atoms with Crippen molar-refractivity contribution < 1.29 is 14.4 Å². The van der Waals surface area contributed by atoms with Crippen molar-refractivity contribution in [3.63, 3.8) is 0 Å². The minimum absolute atomic E-state index is 0.119. The number of Topliss-reactive ketones (excluding diaryl/α,β-unsaturated/α-hetero) is 1. The van der Waals surface area contributed by atoms with Gasteiger partial charge in [0.2, 0.25) is 0 Å². The number of ketones is 1. The summed E-state index contributed by atoms with van der Waals surface area (Å²) in [6.07, 6.45) is 2.40. The Morgan fingerprint density at radius 3 is 2.55 bits per heavy atom. The molecule has 0 atom stereocenters. The number of fused-ring (bicyclic) bond motifs is 1. The average Bonchev–Trinajstić information content (AvgIpc) is 2.88. The van der Waals surface area contributed by atoms with E-state index in [1.807, 2.05) is 49.4 Å². The van der Waals surface area contributed by atoms with E-state index in [1.54, 1.807) is 6.20 Å². The molecule has 0 unspecified atom stereocenters. The van der Waals surface area contributed by atoms with Crippen molar-refractivity contribution in [2.75, 3.05) is 0 Å². The highest BCUT2D eigenvalue weighted by atomic mass is 16.2. The molecule has 0 saturated carbocycles. The van der Waals surface area contributed by atoms with Crippen LogP contribution in [0.1, 0.15) is 21.6 Å². The van der Waals surface area contributed by atoms with Crippen molar-refractivity contribution >= 4 is 23.0 Å². The van der Waals surface area contributed by atoms with Crippen LogP contribution in [0.5, 0.6) is 0 Å². The maximum atomic E-state index is 12.1. The van der Waals surface area contributed by atoms with Crippen LogP contribution in [0.15, 0.2) is 48.7 Å². The smallest absolute Gasteiger partial charge is 0.344 e. The van der Waals surface area contributed by atoms with Crippen LogP contribution in [0.4, 0.5) is 0 Å². The lowest BCUT2D eigenvalue weighted by atomic mass is 10.0. The lowest BCUT2D eigenvalue weighted by molar-refractivity contribution is -0.191. The summed E-state index contributed by atoms with van der Waals surface area (Å²) in [7, 11) is 0. The van der Waals surface area contributed by atoms with E-state index in [0.29, 0.717) is 6.42 Å². The van der Waals surface area contributed by atoms with Gasteiger partial charge < -0.3 is 4.98 Å². The molecular formula is C17H14N2O3. The summed E-state index contributed by atoms with van der Waals surface area (Å²) in [6, 6.07) is 13.4. The monoisotopic (exact) mass is 294 g/mol. The second-order valence-corrected chi connectivity index (χ2v) is 4.78.